The van der Waals surface area contributed by atoms with Gasteiger partial charge in [-0.15, -0.1) is 0 Å². The second-order valence-corrected chi connectivity index (χ2v) is 10.1. The Kier molecular flexibility index (Phi) is 8.29. The Bertz CT molecular complexity index is 753. The molecule has 4 nitrogen and oxygen atoms in total. The molecule has 3 aliphatic rings. The number of esters is 1. The van der Waals surface area contributed by atoms with Gasteiger partial charge in [0, 0.05) is 12.5 Å². The first kappa shape index (κ1) is 23.4. The highest BCUT2D eigenvalue weighted by atomic mass is 16.5. The minimum absolute atomic E-state index is 0.0751. The summed E-state index contributed by atoms with van der Waals surface area (Å²) in [6.07, 6.45) is 18.3. The molecular weight excluding hydrogens is 398 g/mol. The van der Waals surface area contributed by atoms with Crippen molar-refractivity contribution in [2.75, 3.05) is 13.2 Å². The van der Waals surface area contributed by atoms with Crippen molar-refractivity contribution in [3.05, 3.63) is 35.9 Å². The summed E-state index contributed by atoms with van der Waals surface area (Å²) in [4.78, 5) is 11.5. The van der Waals surface area contributed by atoms with Crippen LogP contribution < -0.4 is 10.1 Å². The van der Waals surface area contributed by atoms with Gasteiger partial charge < -0.3 is 14.8 Å². The molecule has 1 spiro atoms. The summed E-state index contributed by atoms with van der Waals surface area (Å²) in [5.41, 5.74) is 3.40. The third kappa shape index (κ3) is 6.37. The fourth-order valence-corrected chi connectivity index (χ4v) is 5.96. The van der Waals surface area contributed by atoms with Gasteiger partial charge in [0.2, 0.25) is 0 Å². The maximum Gasteiger partial charge on any atom is 0.305 e. The molecule has 0 aromatic heterocycles. The smallest absolute Gasteiger partial charge is 0.305 e. The molecule has 1 aromatic rings. The summed E-state index contributed by atoms with van der Waals surface area (Å²) < 4.78 is 11.4. The number of carbonyl (C=O) groups excluding carboxylic acids is 1. The van der Waals surface area contributed by atoms with Gasteiger partial charge in [0.05, 0.1) is 12.7 Å². The predicted octanol–water partition coefficient (Wildman–Crippen LogP) is 6.44. The molecule has 1 N–H and O–H groups in total. The average Bonchev–Trinajstić information content (AvgIpc) is 3.27. The summed E-state index contributed by atoms with van der Waals surface area (Å²) in [7, 11) is 0. The van der Waals surface area contributed by atoms with Gasteiger partial charge in [0.25, 0.3) is 0 Å². The van der Waals surface area contributed by atoms with Crippen LogP contribution in [0.1, 0.15) is 96.0 Å². The average molecular weight is 440 g/mol. The number of benzene rings is 1. The van der Waals surface area contributed by atoms with Gasteiger partial charge in [-0.1, -0.05) is 37.5 Å². The Morgan fingerprint density at radius 2 is 1.81 bits per heavy atom. The van der Waals surface area contributed by atoms with Crippen LogP contribution in [0.25, 0.3) is 5.57 Å². The molecule has 2 saturated carbocycles. The van der Waals surface area contributed by atoms with Crippen LogP contribution in [-0.2, 0) is 9.53 Å². The normalized spacial score (nSPS) is 23.2. The Labute approximate surface area is 194 Å². The molecule has 1 aliphatic heterocycles. The summed E-state index contributed by atoms with van der Waals surface area (Å²) >= 11 is 0. The first-order valence-electron chi connectivity index (χ1n) is 13.0. The van der Waals surface area contributed by atoms with E-state index in [0.29, 0.717) is 30.6 Å². The van der Waals surface area contributed by atoms with E-state index in [2.05, 4.69) is 35.7 Å². The lowest BCUT2D eigenvalue weighted by molar-refractivity contribution is -0.143. The lowest BCUT2D eigenvalue weighted by Crippen LogP contribution is -2.32. The number of ether oxygens (including phenoxy) is 2. The lowest BCUT2D eigenvalue weighted by atomic mass is 9.72. The van der Waals surface area contributed by atoms with Crippen LogP contribution in [0.15, 0.2) is 30.3 Å². The molecule has 1 heterocycles. The topological polar surface area (TPSA) is 47.6 Å². The van der Waals surface area contributed by atoms with Gasteiger partial charge >= 0.3 is 5.97 Å². The van der Waals surface area contributed by atoms with E-state index in [1.165, 1.54) is 62.5 Å². The molecule has 4 rings (SSSR count). The second kappa shape index (κ2) is 11.4. The quantitative estimate of drug-likeness (QED) is 0.355. The van der Waals surface area contributed by atoms with Crippen molar-refractivity contribution in [2.24, 2.45) is 5.41 Å². The van der Waals surface area contributed by atoms with Crippen LogP contribution in [0.4, 0.5) is 0 Å². The molecule has 2 fully saturated rings. The van der Waals surface area contributed by atoms with E-state index in [0.717, 1.165) is 38.0 Å². The molecule has 0 saturated heterocycles. The van der Waals surface area contributed by atoms with Crippen LogP contribution >= 0.6 is 0 Å². The fraction of sp³-hybridized carbons (Fsp3) is 0.679. The van der Waals surface area contributed by atoms with E-state index in [9.17, 15) is 4.79 Å². The molecule has 1 unspecified atom stereocenters. The molecule has 4 heteroatoms. The number of rotatable bonds is 9. The van der Waals surface area contributed by atoms with Crippen LogP contribution in [-0.4, -0.2) is 31.3 Å². The van der Waals surface area contributed by atoms with Gasteiger partial charge in [-0.05, 0) is 99.9 Å². The summed E-state index contributed by atoms with van der Waals surface area (Å²) in [6, 6.07) is 9.16. The second-order valence-electron chi connectivity index (χ2n) is 10.1. The van der Waals surface area contributed by atoms with Gasteiger partial charge in [-0.25, -0.2) is 0 Å². The predicted molar refractivity (Wildman–Crippen MR) is 130 cm³/mol. The standard InChI is InChI=1S/C28H41NO3/c1-2-31-27(30)8-4-3-7-24-21-23(15-20-29-24)22-9-11-25(12-10-22)32-26-13-18-28(19-14-26)16-5-6-17-28/h9-12,21,24,26,29H,2-8,13-20H2,1H3. The zero-order valence-electron chi connectivity index (χ0n) is 19.9. The first-order chi connectivity index (χ1) is 15.7. The van der Waals surface area contributed by atoms with Crippen molar-refractivity contribution in [3.63, 3.8) is 0 Å². The maximum atomic E-state index is 11.5. The van der Waals surface area contributed by atoms with Crippen LogP contribution in [0, 0.1) is 5.41 Å². The van der Waals surface area contributed by atoms with Crippen molar-refractivity contribution in [1.82, 2.24) is 5.32 Å². The highest BCUT2D eigenvalue weighted by Crippen LogP contribution is 2.49. The molecule has 2 aliphatic carbocycles. The van der Waals surface area contributed by atoms with Gasteiger partial charge in [-0.3, -0.25) is 4.79 Å². The Hall–Kier alpha value is -1.81. The van der Waals surface area contributed by atoms with E-state index < -0.39 is 0 Å². The molecular formula is C28H41NO3. The molecule has 1 atom stereocenters. The van der Waals surface area contributed by atoms with Crippen molar-refractivity contribution in [1.29, 1.82) is 0 Å². The van der Waals surface area contributed by atoms with E-state index in [1.807, 2.05) is 6.92 Å². The van der Waals surface area contributed by atoms with E-state index in [4.69, 9.17) is 9.47 Å². The minimum atomic E-state index is -0.0751. The third-order valence-electron chi connectivity index (χ3n) is 7.84. The zero-order valence-corrected chi connectivity index (χ0v) is 19.9. The first-order valence-corrected chi connectivity index (χ1v) is 13.0. The monoisotopic (exact) mass is 439 g/mol. The minimum Gasteiger partial charge on any atom is -0.490 e. The Morgan fingerprint density at radius 3 is 2.53 bits per heavy atom. The molecule has 0 radical (unpaired) electrons. The van der Waals surface area contributed by atoms with Crippen LogP contribution in [0.5, 0.6) is 5.75 Å². The van der Waals surface area contributed by atoms with E-state index in [-0.39, 0.29) is 5.97 Å². The molecule has 32 heavy (non-hydrogen) atoms. The summed E-state index contributed by atoms with van der Waals surface area (Å²) in [6.45, 7) is 3.34. The molecule has 176 valence electrons. The van der Waals surface area contributed by atoms with Crippen LogP contribution in [0.2, 0.25) is 0 Å². The fourth-order valence-electron chi connectivity index (χ4n) is 5.96. The van der Waals surface area contributed by atoms with Gasteiger partial charge in [0.15, 0.2) is 0 Å². The molecule has 1 aromatic carbocycles. The number of carbonyl (C=O) groups is 1. The number of hydrogen-bond donors (Lipinski definition) is 1. The summed E-state index contributed by atoms with van der Waals surface area (Å²) in [5, 5.41) is 3.60. The van der Waals surface area contributed by atoms with Gasteiger partial charge in [0.1, 0.15) is 5.75 Å². The van der Waals surface area contributed by atoms with Crippen molar-refractivity contribution in [2.45, 2.75) is 103 Å². The highest BCUT2D eigenvalue weighted by molar-refractivity contribution is 5.69. The van der Waals surface area contributed by atoms with E-state index >= 15 is 0 Å². The number of hydrogen-bond acceptors (Lipinski definition) is 4. The zero-order chi connectivity index (χ0) is 22.2. The number of unbranched alkanes of at least 4 members (excludes halogenated alkanes) is 1. The lowest BCUT2D eigenvalue weighted by Gasteiger charge is -2.37. The number of nitrogens with one attached hydrogen (secondary N) is 1. The summed E-state index contributed by atoms with van der Waals surface area (Å²) in [5.74, 6) is 0.945. The van der Waals surface area contributed by atoms with Crippen molar-refractivity contribution >= 4 is 11.5 Å². The van der Waals surface area contributed by atoms with Crippen molar-refractivity contribution < 1.29 is 14.3 Å². The van der Waals surface area contributed by atoms with Gasteiger partial charge in [-0.2, -0.15) is 0 Å². The Morgan fingerprint density at radius 1 is 1.06 bits per heavy atom. The van der Waals surface area contributed by atoms with Crippen LogP contribution in [0.3, 0.4) is 0 Å². The highest BCUT2D eigenvalue weighted by Gasteiger charge is 2.38. The largest absolute Gasteiger partial charge is 0.490 e. The third-order valence-corrected chi connectivity index (χ3v) is 7.84. The van der Waals surface area contributed by atoms with Crippen molar-refractivity contribution in [3.8, 4) is 5.75 Å². The SMILES string of the molecule is CCOC(=O)CCCCC1C=C(c2ccc(OC3CCC4(CCCC4)CC3)cc2)CCN1. The molecule has 0 amide bonds. The maximum absolute atomic E-state index is 11.5. The van der Waals surface area contributed by atoms with E-state index in [1.54, 1.807) is 0 Å². The molecule has 0 bridgehead atoms. The Balaban J connectivity index is 1.23.